The smallest absolute Gasteiger partial charge is 0.420 e. The number of alkyl halides is 5. The molecule has 0 amide bonds. The van der Waals surface area contributed by atoms with Gasteiger partial charge in [0.05, 0.1) is 7.11 Å². The molecule has 9 nitrogen and oxygen atoms in total. The third kappa shape index (κ3) is 7.48. The second kappa shape index (κ2) is 15.2. The lowest BCUT2D eigenvalue weighted by atomic mass is 9.91. The number of oxazole rings is 2. The molecule has 2 aliphatic rings. The summed E-state index contributed by atoms with van der Waals surface area (Å²) in [5.41, 5.74) is 4.97. The number of likely N-dealkylation sites (tertiary alicyclic amines) is 2. The molecule has 0 N–H and O–H groups in total. The molecular formula is C43H41F5N4O5. The van der Waals surface area contributed by atoms with E-state index in [2.05, 4.69) is 16.8 Å². The van der Waals surface area contributed by atoms with Crippen LogP contribution < -0.4 is 4.74 Å². The van der Waals surface area contributed by atoms with Gasteiger partial charge in [0.25, 0.3) is 0 Å². The van der Waals surface area contributed by atoms with Crippen molar-refractivity contribution in [3.05, 3.63) is 88.5 Å². The highest BCUT2D eigenvalue weighted by atomic mass is 19.4. The van der Waals surface area contributed by atoms with E-state index in [1.165, 1.54) is 19.2 Å². The van der Waals surface area contributed by atoms with Gasteiger partial charge in [-0.1, -0.05) is 37.6 Å². The van der Waals surface area contributed by atoms with Crippen LogP contribution in [-0.2, 0) is 28.8 Å². The Bertz CT molecular complexity index is 2470. The maximum Gasteiger partial charge on any atom is 0.420 e. The van der Waals surface area contributed by atoms with Gasteiger partial charge in [-0.15, -0.1) is 0 Å². The summed E-state index contributed by atoms with van der Waals surface area (Å²) >= 11 is 0. The SMILES string of the molecule is CCC1CN(Cc2cc(C(F)(F)F)c3oc(-c4cccc(-c5cccc(-c6nc7cc(CN8CCC[C@H]8C(=O)OC)c(OC(F)F)cc7o6)c5C)c4C)nc3c2)C1. The van der Waals surface area contributed by atoms with Gasteiger partial charge in [-0.25, -0.2) is 9.97 Å². The minimum absolute atomic E-state index is 0.0762. The number of halogens is 5. The first-order valence-corrected chi connectivity index (χ1v) is 18.9. The second-order valence-corrected chi connectivity index (χ2v) is 14.9. The fourth-order valence-corrected chi connectivity index (χ4v) is 8.23. The number of nitrogens with zero attached hydrogens (tertiary/aromatic N) is 4. The molecule has 8 rings (SSSR count). The summed E-state index contributed by atoms with van der Waals surface area (Å²) in [5, 5.41) is 0. The molecule has 0 bridgehead atoms. The van der Waals surface area contributed by atoms with Crippen molar-refractivity contribution in [2.75, 3.05) is 26.7 Å². The number of aromatic nitrogens is 2. The minimum Gasteiger partial charge on any atom is -0.468 e. The number of esters is 1. The molecule has 0 saturated carbocycles. The molecule has 1 atom stereocenters. The average molecular weight is 789 g/mol. The van der Waals surface area contributed by atoms with Gasteiger partial charge in [-0.2, -0.15) is 22.0 Å². The number of benzene rings is 4. The quantitative estimate of drug-likeness (QED) is 0.0939. The molecule has 0 spiro atoms. The molecule has 2 aromatic heterocycles. The zero-order chi connectivity index (χ0) is 40.2. The normalized spacial score (nSPS) is 16.9. The van der Waals surface area contributed by atoms with Crippen molar-refractivity contribution in [3.8, 4) is 39.8 Å². The van der Waals surface area contributed by atoms with Gasteiger partial charge in [0.2, 0.25) is 11.8 Å². The Morgan fingerprint density at radius 1 is 0.895 bits per heavy atom. The van der Waals surface area contributed by atoms with Gasteiger partial charge < -0.3 is 18.3 Å². The van der Waals surface area contributed by atoms with E-state index >= 15 is 0 Å². The zero-order valence-electron chi connectivity index (χ0n) is 31.9. The number of carbonyl (C=O) groups is 1. The van der Waals surface area contributed by atoms with E-state index in [0.29, 0.717) is 53.2 Å². The predicted octanol–water partition coefficient (Wildman–Crippen LogP) is 10.2. The van der Waals surface area contributed by atoms with Crippen LogP contribution in [0.3, 0.4) is 0 Å². The van der Waals surface area contributed by atoms with E-state index in [4.69, 9.17) is 23.3 Å². The lowest BCUT2D eigenvalue weighted by Crippen LogP contribution is -2.45. The topological polar surface area (TPSA) is 94.1 Å². The Balaban J connectivity index is 1.13. The highest BCUT2D eigenvalue weighted by molar-refractivity contribution is 5.86. The van der Waals surface area contributed by atoms with E-state index in [0.717, 1.165) is 48.2 Å². The van der Waals surface area contributed by atoms with Crippen molar-refractivity contribution >= 4 is 28.2 Å². The summed E-state index contributed by atoms with van der Waals surface area (Å²) in [6, 6.07) is 16.5. The van der Waals surface area contributed by atoms with Crippen LogP contribution in [0.25, 0.3) is 56.2 Å². The van der Waals surface area contributed by atoms with Gasteiger partial charge in [0.15, 0.2) is 11.2 Å². The summed E-state index contributed by atoms with van der Waals surface area (Å²) < 4.78 is 92.2. The summed E-state index contributed by atoms with van der Waals surface area (Å²) in [4.78, 5) is 25.7. The van der Waals surface area contributed by atoms with Crippen LogP contribution in [0.1, 0.15) is 54.0 Å². The summed E-state index contributed by atoms with van der Waals surface area (Å²) in [7, 11) is 1.32. The fourth-order valence-electron chi connectivity index (χ4n) is 8.23. The number of ether oxygens (including phenoxy) is 2. The monoisotopic (exact) mass is 788 g/mol. The predicted molar refractivity (Wildman–Crippen MR) is 203 cm³/mol. The van der Waals surface area contributed by atoms with Gasteiger partial charge in [0.1, 0.15) is 28.4 Å². The Morgan fingerprint density at radius 2 is 1.54 bits per heavy atom. The largest absolute Gasteiger partial charge is 0.468 e. The summed E-state index contributed by atoms with van der Waals surface area (Å²) in [6.45, 7) is 5.68. The number of hydrogen-bond donors (Lipinski definition) is 0. The second-order valence-electron chi connectivity index (χ2n) is 14.9. The van der Waals surface area contributed by atoms with Gasteiger partial charge in [-0.05, 0) is 97.3 Å². The lowest BCUT2D eigenvalue weighted by Gasteiger charge is -2.39. The van der Waals surface area contributed by atoms with Crippen molar-refractivity contribution in [2.24, 2.45) is 5.92 Å². The van der Waals surface area contributed by atoms with Crippen LogP contribution in [0.15, 0.2) is 69.5 Å². The third-order valence-electron chi connectivity index (χ3n) is 11.3. The highest BCUT2D eigenvalue weighted by Gasteiger charge is 2.37. The number of methoxy groups -OCH3 is 1. The molecule has 0 aliphatic carbocycles. The summed E-state index contributed by atoms with van der Waals surface area (Å²) in [6.07, 6.45) is -2.24. The van der Waals surface area contributed by atoms with Gasteiger partial charge in [-0.3, -0.25) is 14.6 Å². The van der Waals surface area contributed by atoms with Crippen LogP contribution in [0.5, 0.6) is 5.75 Å². The molecule has 2 fully saturated rings. The van der Waals surface area contributed by atoms with Gasteiger partial charge in [0, 0.05) is 48.9 Å². The molecule has 2 aliphatic heterocycles. The third-order valence-corrected chi connectivity index (χ3v) is 11.3. The Morgan fingerprint density at radius 3 is 2.18 bits per heavy atom. The van der Waals surface area contributed by atoms with Crippen LogP contribution in [-0.4, -0.2) is 65.1 Å². The van der Waals surface area contributed by atoms with E-state index in [1.54, 1.807) is 24.3 Å². The first-order chi connectivity index (χ1) is 27.3. The van der Waals surface area contributed by atoms with Crippen molar-refractivity contribution in [2.45, 2.75) is 72.0 Å². The molecule has 4 aromatic carbocycles. The Kier molecular flexibility index (Phi) is 10.3. The Hall–Kier alpha value is -5.34. The van der Waals surface area contributed by atoms with E-state index in [1.807, 2.05) is 43.0 Å². The lowest BCUT2D eigenvalue weighted by molar-refractivity contribution is -0.146. The molecule has 14 heteroatoms. The van der Waals surface area contributed by atoms with Gasteiger partial charge >= 0.3 is 18.8 Å². The minimum atomic E-state index is -4.63. The first-order valence-electron chi connectivity index (χ1n) is 18.9. The average Bonchev–Trinajstić information content (AvgIpc) is 3.90. The van der Waals surface area contributed by atoms with Crippen LogP contribution >= 0.6 is 0 Å². The van der Waals surface area contributed by atoms with Crippen molar-refractivity contribution in [3.63, 3.8) is 0 Å². The number of carbonyl (C=O) groups excluding carboxylic acids is 1. The fraction of sp³-hybridized carbons (Fsp3) is 0.372. The zero-order valence-corrected chi connectivity index (χ0v) is 31.9. The molecule has 57 heavy (non-hydrogen) atoms. The van der Waals surface area contributed by atoms with Crippen LogP contribution in [0.4, 0.5) is 22.0 Å². The molecule has 0 unspecified atom stereocenters. The van der Waals surface area contributed by atoms with E-state index < -0.39 is 24.4 Å². The number of rotatable bonds is 11. The van der Waals surface area contributed by atoms with Crippen molar-refractivity contribution in [1.82, 2.24) is 19.8 Å². The molecule has 2 saturated heterocycles. The maximum atomic E-state index is 14.4. The summed E-state index contributed by atoms with van der Waals surface area (Å²) in [5.74, 6) is 0.442. The number of fused-ring (bicyclic) bond motifs is 2. The Labute approximate surface area is 325 Å². The van der Waals surface area contributed by atoms with E-state index in [9.17, 15) is 26.7 Å². The van der Waals surface area contributed by atoms with Crippen molar-refractivity contribution in [1.29, 1.82) is 0 Å². The molecular weight excluding hydrogens is 747 g/mol. The highest BCUT2D eigenvalue weighted by Crippen LogP contribution is 2.42. The van der Waals surface area contributed by atoms with Crippen LogP contribution in [0.2, 0.25) is 0 Å². The molecule has 6 aromatic rings. The van der Waals surface area contributed by atoms with E-state index in [-0.39, 0.29) is 46.7 Å². The number of hydrogen-bond acceptors (Lipinski definition) is 9. The first kappa shape index (κ1) is 38.5. The van der Waals surface area contributed by atoms with Crippen molar-refractivity contribution < 1.29 is 45.1 Å². The molecule has 4 heterocycles. The molecule has 298 valence electrons. The van der Waals surface area contributed by atoms with Crippen LogP contribution in [0, 0.1) is 19.8 Å². The molecule has 0 radical (unpaired) electrons. The standard InChI is InChI=1S/C43H41F5N4O5/c1-5-25-19-51(20-25)21-26-15-32(43(46,47)48)38-34(16-26)50-40(57-38)31-12-7-10-29(24(31)3)28-9-6-11-30(23(28)2)39-49-33-17-27(36(56-42(44)45)18-37(33)55-39)22-52-14-8-13-35(52)41(53)54-4/h6-7,9-12,15-18,25,35,42H,5,8,13-14,19-22H2,1-4H3/t35-/m0/s1. The maximum absolute atomic E-state index is 14.4.